The molecule has 10 heteroatoms. The molecule has 2 aliphatic rings. The normalized spacial score (nSPS) is 20.7. The third-order valence-electron chi connectivity index (χ3n) is 6.81. The van der Waals surface area contributed by atoms with Gasteiger partial charge in [0.1, 0.15) is 5.82 Å². The van der Waals surface area contributed by atoms with E-state index in [0.29, 0.717) is 36.3 Å². The van der Waals surface area contributed by atoms with Gasteiger partial charge in [-0.25, -0.2) is 8.78 Å². The van der Waals surface area contributed by atoms with Gasteiger partial charge < -0.3 is 10.2 Å². The fourth-order valence-corrected chi connectivity index (χ4v) is 5.00. The van der Waals surface area contributed by atoms with Gasteiger partial charge >= 0.3 is 0 Å². The maximum atomic E-state index is 14.6. The quantitative estimate of drug-likeness (QED) is 0.443. The van der Waals surface area contributed by atoms with Crippen molar-refractivity contribution in [3.05, 3.63) is 70.6 Å². The van der Waals surface area contributed by atoms with Gasteiger partial charge in [0.05, 0.1) is 39.9 Å². The zero-order valence-electron chi connectivity index (χ0n) is 19.5. The number of H-pyrrole nitrogens is 1. The van der Waals surface area contributed by atoms with Gasteiger partial charge in [-0.15, -0.1) is 0 Å². The molecule has 0 radical (unpaired) electrons. The van der Waals surface area contributed by atoms with Crippen molar-refractivity contribution in [1.29, 1.82) is 0 Å². The number of hydrogen-bond donors (Lipinski definition) is 2. The molecule has 2 atom stereocenters. The Bertz CT molecular complexity index is 1370. The van der Waals surface area contributed by atoms with Gasteiger partial charge in [0, 0.05) is 30.3 Å². The minimum atomic E-state index is -0.868. The number of aromatic amines is 1. The highest BCUT2D eigenvalue weighted by molar-refractivity contribution is 6.31. The third-order valence-corrected chi connectivity index (χ3v) is 7.11. The highest BCUT2D eigenvalue weighted by Gasteiger charge is 2.31. The van der Waals surface area contributed by atoms with Crippen LogP contribution in [0.2, 0.25) is 5.02 Å². The molecular formula is C26H24ClF2N5O2. The van der Waals surface area contributed by atoms with Crippen LogP contribution in [-0.4, -0.2) is 38.4 Å². The van der Waals surface area contributed by atoms with Crippen LogP contribution in [0, 0.1) is 17.6 Å². The number of nitrogens with one attached hydrogen (secondary N) is 2. The van der Waals surface area contributed by atoms with Crippen LogP contribution in [0.4, 0.5) is 14.5 Å². The van der Waals surface area contributed by atoms with Crippen LogP contribution in [-0.2, 0) is 9.59 Å². The first-order valence-electron chi connectivity index (χ1n) is 11.8. The van der Waals surface area contributed by atoms with E-state index in [9.17, 15) is 18.4 Å². The molecule has 186 valence electrons. The van der Waals surface area contributed by atoms with E-state index in [1.54, 1.807) is 23.4 Å². The number of pyridine rings is 1. The molecule has 0 unspecified atom stereocenters. The van der Waals surface area contributed by atoms with Crippen molar-refractivity contribution in [1.82, 2.24) is 20.1 Å². The molecule has 0 fully saturated rings. The Morgan fingerprint density at radius 3 is 2.81 bits per heavy atom. The monoisotopic (exact) mass is 511 g/mol. The van der Waals surface area contributed by atoms with E-state index in [4.69, 9.17) is 11.6 Å². The molecule has 3 aromatic rings. The SMILES string of the molecule is C[C@@H]1CCC[C@H](N2CCC(c3c(F)ccc(Cl)c3F)=CC2=O)c2cc(ccn2)-c2[nH]ncc2NC1=O. The lowest BCUT2D eigenvalue weighted by molar-refractivity contribution is -0.129. The number of carbonyl (C=O) groups is 2. The number of fused-ring (bicyclic) bond motifs is 4. The fraction of sp³-hybridized carbons (Fsp3) is 0.308. The summed E-state index contributed by atoms with van der Waals surface area (Å²) in [6.45, 7) is 2.13. The lowest BCUT2D eigenvalue weighted by Crippen LogP contribution is -2.38. The van der Waals surface area contributed by atoms with E-state index in [1.165, 1.54) is 6.08 Å². The molecule has 4 heterocycles. The van der Waals surface area contributed by atoms with Crippen molar-refractivity contribution >= 4 is 34.7 Å². The molecule has 0 aliphatic carbocycles. The van der Waals surface area contributed by atoms with E-state index >= 15 is 0 Å². The maximum Gasteiger partial charge on any atom is 0.247 e. The first kappa shape index (κ1) is 24.1. The molecule has 1 aromatic carbocycles. The van der Waals surface area contributed by atoms with Crippen LogP contribution in [0.15, 0.2) is 42.7 Å². The summed E-state index contributed by atoms with van der Waals surface area (Å²) < 4.78 is 29.0. The van der Waals surface area contributed by atoms with E-state index in [2.05, 4.69) is 20.5 Å². The average molecular weight is 512 g/mol. The van der Waals surface area contributed by atoms with E-state index in [0.717, 1.165) is 17.7 Å². The number of carbonyl (C=O) groups excluding carboxylic acids is 2. The summed E-state index contributed by atoms with van der Waals surface area (Å²) >= 11 is 5.86. The molecule has 2 N–H and O–H groups in total. The van der Waals surface area contributed by atoms with Crippen molar-refractivity contribution in [3.63, 3.8) is 0 Å². The minimum absolute atomic E-state index is 0.101. The minimum Gasteiger partial charge on any atom is -0.330 e. The van der Waals surface area contributed by atoms with Gasteiger partial charge in [-0.1, -0.05) is 24.9 Å². The van der Waals surface area contributed by atoms with Crippen molar-refractivity contribution in [2.24, 2.45) is 5.92 Å². The largest absolute Gasteiger partial charge is 0.330 e. The maximum absolute atomic E-state index is 14.6. The van der Waals surface area contributed by atoms with E-state index in [1.807, 2.05) is 13.0 Å². The van der Waals surface area contributed by atoms with E-state index < -0.39 is 11.6 Å². The van der Waals surface area contributed by atoms with Crippen molar-refractivity contribution in [3.8, 4) is 11.3 Å². The van der Waals surface area contributed by atoms with Crippen molar-refractivity contribution in [2.45, 2.75) is 38.6 Å². The van der Waals surface area contributed by atoms with Crippen LogP contribution >= 0.6 is 11.6 Å². The summed E-state index contributed by atoms with van der Waals surface area (Å²) in [6.07, 6.45) is 6.66. The van der Waals surface area contributed by atoms with Crippen LogP contribution in [0.3, 0.4) is 0 Å². The summed E-state index contributed by atoms with van der Waals surface area (Å²) in [5.74, 6) is -2.32. The van der Waals surface area contributed by atoms with Crippen LogP contribution in [0.25, 0.3) is 16.8 Å². The Morgan fingerprint density at radius 1 is 1.17 bits per heavy atom. The zero-order valence-corrected chi connectivity index (χ0v) is 20.3. The number of aromatic nitrogens is 3. The number of benzene rings is 1. The molecular weight excluding hydrogens is 488 g/mol. The van der Waals surface area contributed by atoms with Gasteiger partial charge in [0.2, 0.25) is 11.8 Å². The number of anilines is 1. The van der Waals surface area contributed by atoms with E-state index in [-0.39, 0.29) is 52.9 Å². The first-order valence-corrected chi connectivity index (χ1v) is 12.2. The molecule has 0 spiro atoms. The molecule has 2 aromatic heterocycles. The van der Waals surface area contributed by atoms with Crippen molar-refractivity contribution in [2.75, 3.05) is 11.9 Å². The van der Waals surface area contributed by atoms with Gasteiger partial charge in [0.15, 0.2) is 5.82 Å². The molecule has 5 rings (SSSR count). The predicted molar refractivity (Wildman–Crippen MR) is 132 cm³/mol. The Balaban J connectivity index is 1.51. The molecule has 2 amide bonds. The highest BCUT2D eigenvalue weighted by atomic mass is 35.5. The second-order valence-corrected chi connectivity index (χ2v) is 9.54. The van der Waals surface area contributed by atoms with Crippen molar-refractivity contribution < 1.29 is 18.4 Å². The molecule has 0 saturated carbocycles. The summed E-state index contributed by atoms with van der Waals surface area (Å²) in [6, 6.07) is 5.57. The molecule has 7 nitrogen and oxygen atoms in total. The van der Waals surface area contributed by atoms with Gasteiger partial charge in [-0.3, -0.25) is 19.7 Å². The highest BCUT2D eigenvalue weighted by Crippen LogP contribution is 2.36. The number of halogens is 3. The van der Waals surface area contributed by atoms with Crippen LogP contribution in [0.1, 0.15) is 49.9 Å². The smallest absolute Gasteiger partial charge is 0.247 e. The molecule has 2 aliphatic heterocycles. The zero-order chi connectivity index (χ0) is 25.4. The number of nitrogens with zero attached hydrogens (tertiary/aromatic N) is 3. The topological polar surface area (TPSA) is 91.0 Å². The summed E-state index contributed by atoms with van der Waals surface area (Å²) in [5, 5.41) is 9.76. The van der Waals surface area contributed by atoms with Crippen LogP contribution in [0.5, 0.6) is 0 Å². The van der Waals surface area contributed by atoms with Gasteiger partial charge in [0.25, 0.3) is 0 Å². The first-order chi connectivity index (χ1) is 17.3. The standard InChI is InChI=1S/C26H24ClF2N5O2/c1-14-3-2-4-21(19-11-16(7-9-30-19)25-20(13-31-33-25)32-26(14)36)34-10-8-15(12-22(34)35)23-18(28)6-5-17(27)24(23)29/h5-7,9,11-14,21H,2-4,8,10H2,1H3,(H,31,33)(H,32,36)/t14-,21+/m1/s1. The second kappa shape index (κ2) is 9.81. The lowest BCUT2D eigenvalue weighted by Gasteiger charge is -2.34. The Kier molecular flexibility index (Phi) is 6.57. The number of rotatable bonds is 2. The second-order valence-electron chi connectivity index (χ2n) is 9.13. The van der Waals surface area contributed by atoms with Crippen LogP contribution < -0.4 is 5.32 Å². The number of hydrogen-bond acceptors (Lipinski definition) is 4. The Hall–Kier alpha value is -3.59. The summed E-state index contributed by atoms with van der Waals surface area (Å²) in [7, 11) is 0. The fourth-order valence-electron chi connectivity index (χ4n) is 4.84. The Morgan fingerprint density at radius 2 is 2.00 bits per heavy atom. The Labute approximate surface area is 211 Å². The van der Waals surface area contributed by atoms with Gasteiger partial charge in [-0.2, -0.15) is 5.10 Å². The lowest BCUT2D eigenvalue weighted by atomic mass is 9.93. The van der Waals surface area contributed by atoms with Gasteiger partial charge in [-0.05, 0) is 49.1 Å². The molecule has 36 heavy (non-hydrogen) atoms. The summed E-state index contributed by atoms with van der Waals surface area (Å²) in [5.41, 5.74) is 2.70. The predicted octanol–water partition coefficient (Wildman–Crippen LogP) is 5.52. The molecule has 0 saturated heterocycles. The average Bonchev–Trinajstić information content (AvgIpc) is 3.32. The third kappa shape index (κ3) is 4.51. The molecule has 2 bridgehead atoms. The summed E-state index contributed by atoms with van der Waals surface area (Å²) in [4.78, 5) is 32.2. The number of amides is 2.